The molecule has 2 aliphatic rings. The van der Waals surface area contributed by atoms with Crippen LogP contribution in [0, 0.1) is 5.92 Å². The van der Waals surface area contributed by atoms with Gasteiger partial charge in [-0.2, -0.15) is 0 Å². The van der Waals surface area contributed by atoms with E-state index < -0.39 is 0 Å². The summed E-state index contributed by atoms with van der Waals surface area (Å²) in [4.78, 5) is 0. The van der Waals surface area contributed by atoms with Gasteiger partial charge in [-0.15, -0.1) is 0 Å². The summed E-state index contributed by atoms with van der Waals surface area (Å²) in [6.45, 7) is 3.61. The first kappa shape index (κ1) is 14.1. The molecule has 3 heteroatoms. The third-order valence-corrected chi connectivity index (χ3v) is 4.42. The normalized spacial score (nSPS) is 26.1. The zero-order chi connectivity index (χ0) is 13.8. The smallest absolute Gasteiger partial charge is 0.0868 e. The van der Waals surface area contributed by atoms with Crippen molar-refractivity contribution in [1.82, 2.24) is 5.32 Å². The molecule has 1 aromatic rings. The Balaban J connectivity index is 1.65. The molecule has 2 atom stereocenters. The van der Waals surface area contributed by atoms with Gasteiger partial charge in [-0.3, -0.25) is 0 Å². The first-order valence-electron chi connectivity index (χ1n) is 7.80. The van der Waals surface area contributed by atoms with Gasteiger partial charge in [0.25, 0.3) is 0 Å². The van der Waals surface area contributed by atoms with Crippen LogP contribution in [-0.2, 0) is 9.47 Å². The van der Waals surface area contributed by atoms with Gasteiger partial charge in [0.1, 0.15) is 0 Å². The lowest BCUT2D eigenvalue weighted by Crippen LogP contribution is -2.28. The van der Waals surface area contributed by atoms with Crippen molar-refractivity contribution in [3.05, 3.63) is 35.4 Å². The summed E-state index contributed by atoms with van der Waals surface area (Å²) in [6, 6.07) is 8.88. The van der Waals surface area contributed by atoms with Gasteiger partial charge in [-0.25, -0.2) is 0 Å². The number of hydrogen-bond acceptors (Lipinski definition) is 3. The number of hydrogen-bond donors (Lipinski definition) is 1. The minimum absolute atomic E-state index is 0.279. The third-order valence-electron chi connectivity index (χ3n) is 4.42. The molecule has 1 heterocycles. The molecule has 1 saturated heterocycles. The SMILES string of the molecule is COCCNCC1CCOC1c1ccccc1C1CC1. The van der Waals surface area contributed by atoms with Crippen LogP contribution in [0.2, 0.25) is 0 Å². The number of methoxy groups -OCH3 is 1. The first-order valence-corrected chi connectivity index (χ1v) is 7.80. The topological polar surface area (TPSA) is 30.5 Å². The van der Waals surface area contributed by atoms with E-state index in [1.807, 2.05) is 0 Å². The number of ether oxygens (including phenoxy) is 2. The molecule has 110 valence electrons. The molecule has 1 aliphatic carbocycles. The van der Waals surface area contributed by atoms with Crippen molar-refractivity contribution in [2.45, 2.75) is 31.3 Å². The molecule has 1 aliphatic heterocycles. The summed E-state index contributed by atoms with van der Waals surface area (Å²) < 4.78 is 11.1. The van der Waals surface area contributed by atoms with Gasteiger partial charge >= 0.3 is 0 Å². The van der Waals surface area contributed by atoms with E-state index in [1.54, 1.807) is 7.11 Å². The molecular weight excluding hydrogens is 250 g/mol. The van der Waals surface area contributed by atoms with Crippen LogP contribution in [0.1, 0.15) is 42.4 Å². The molecule has 20 heavy (non-hydrogen) atoms. The molecule has 0 spiro atoms. The highest BCUT2D eigenvalue weighted by molar-refractivity contribution is 5.35. The molecule has 0 bridgehead atoms. The summed E-state index contributed by atoms with van der Waals surface area (Å²) in [6.07, 6.45) is 4.13. The van der Waals surface area contributed by atoms with E-state index in [1.165, 1.54) is 24.0 Å². The fourth-order valence-corrected chi connectivity index (χ4v) is 3.18. The fraction of sp³-hybridized carbons (Fsp3) is 0.647. The van der Waals surface area contributed by atoms with E-state index in [-0.39, 0.29) is 6.10 Å². The summed E-state index contributed by atoms with van der Waals surface area (Å²) >= 11 is 0. The predicted octanol–water partition coefficient (Wildman–Crippen LogP) is 2.88. The molecule has 0 radical (unpaired) electrons. The van der Waals surface area contributed by atoms with Crippen molar-refractivity contribution in [2.75, 3.05) is 33.4 Å². The first-order chi connectivity index (χ1) is 9.90. The molecule has 0 amide bonds. The number of benzene rings is 1. The molecule has 1 aromatic carbocycles. The second-order valence-corrected chi connectivity index (χ2v) is 5.94. The van der Waals surface area contributed by atoms with Crippen molar-refractivity contribution in [3.8, 4) is 0 Å². The second-order valence-electron chi connectivity index (χ2n) is 5.94. The summed E-state index contributed by atoms with van der Waals surface area (Å²) in [5.74, 6) is 1.38. The van der Waals surface area contributed by atoms with Crippen LogP contribution in [0.3, 0.4) is 0 Å². The average Bonchev–Trinajstić information content (AvgIpc) is 3.23. The van der Waals surface area contributed by atoms with Gasteiger partial charge < -0.3 is 14.8 Å². The monoisotopic (exact) mass is 275 g/mol. The largest absolute Gasteiger partial charge is 0.383 e. The van der Waals surface area contributed by atoms with Crippen molar-refractivity contribution in [2.24, 2.45) is 5.92 Å². The van der Waals surface area contributed by atoms with E-state index >= 15 is 0 Å². The summed E-state index contributed by atoms with van der Waals surface area (Å²) in [5.41, 5.74) is 2.97. The second kappa shape index (κ2) is 6.70. The maximum Gasteiger partial charge on any atom is 0.0868 e. The Bertz CT molecular complexity index is 431. The van der Waals surface area contributed by atoms with E-state index in [4.69, 9.17) is 9.47 Å². The van der Waals surface area contributed by atoms with Crippen LogP contribution >= 0.6 is 0 Å². The minimum Gasteiger partial charge on any atom is -0.383 e. The van der Waals surface area contributed by atoms with Crippen molar-refractivity contribution in [1.29, 1.82) is 0 Å². The summed E-state index contributed by atoms with van der Waals surface area (Å²) in [7, 11) is 1.75. The highest BCUT2D eigenvalue weighted by atomic mass is 16.5. The third kappa shape index (κ3) is 3.22. The lowest BCUT2D eigenvalue weighted by atomic mass is 9.90. The van der Waals surface area contributed by atoms with Gasteiger partial charge in [0.05, 0.1) is 12.7 Å². The highest BCUT2D eigenvalue weighted by Gasteiger charge is 2.34. The Morgan fingerprint density at radius 1 is 1.20 bits per heavy atom. The molecule has 3 rings (SSSR count). The molecule has 2 unspecified atom stereocenters. The molecular formula is C17H25NO2. The maximum absolute atomic E-state index is 6.06. The van der Waals surface area contributed by atoms with Crippen molar-refractivity contribution < 1.29 is 9.47 Å². The Kier molecular flexibility index (Phi) is 4.71. The Hall–Kier alpha value is -0.900. The maximum atomic E-state index is 6.06. The van der Waals surface area contributed by atoms with E-state index in [0.29, 0.717) is 5.92 Å². The van der Waals surface area contributed by atoms with E-state index in [2.05, 4.69) is 29.6 Å². The van der Waals surface area contributed by atoms with Crippen LogP contribution in [0.5, 0.6) is 0 Å². The quantitative estimate of drug-likeness (QED) is 0.776. The fourth-order valence-electron chi connectivity index (χ4n) is 3.18. The Labute approximate surface area is 121 Å². The van der Waals surface area contributed by atoms with E-state index in [9.17, 15) is 0 Å². The minimum atomic E-state index is 0.279. The standard InChI is InChI=1S/C17H25NO2/c1-19-11-9-18-12-14-8-10-20-17(14)16-5-3-2-4-15(16)13-6-7-13/h2-5,13-14,17-18H,6-12H2,1H3. The van der Waals surface area contributed by atoms with Crippen LogP contribution in [0.15, 0.2) is 24.3 Å². The van der Waals surface area contributed by atoms with Gasteiger partial charge in [-0.05, 0) is 36.3 Å². The van der Waals surface area contributed by atoms with E-state index in [0.717, 1.165) is 38.6 Å². The Morgan fingerprint density at radius 2 is 2.00 bits per heavy atom. The van der Waals surface area contributed by atoms with Crippen LogP contribution in [0.25, 0.3) is 0 Å². The molecule has 1 N–H and O–H groups in total. The molecule has 3 nitrogen and oxygen atoms in total. The number of nitrogens with one attached hydrogen (secondary N) is 1. The van der Waals surface area contributed by atoms with Crippen LogP contribution < -0.4 is 5.32 Å². The van der Waals surface area contributed by atoms with Gasteiger partial charge in [0.2, 0.25) is 0 Å². The van der Waals surface area contributed by atoms with Crippen LogP contribution in [0.4, 0.5) is 0 Å². The molecule has 1 saturated carbocycles. The van der Waals surface area contributed by atoms with Crippen molar-refractivity contribution >= 4 is 0 Å². The Morgan fingerprint density at radius 3 is 2.75 bits per heavy atom. The molecule has 2 fully saturated rings. The van der Waals surface area contributed by atoms with Gasteiger partial charge in [0.15, 0.2) is 0 Å². The summed E-state index contributed by atoms with van der Waals surface area (Å²) in [5, 5.41) is 3.49. The average molecular weight is 275 g/mol. The highest BCUT2D eigenvalue weighted by Crippen LogP contribution is 2.46. The number of rotatable bonds is 7. The van der Waals surface area contributed by atoms with Gasteiger partial charge in [-0.1, -0.05) is 24.3 Å². The van der Waals surface area contributed by atoms with Crippen molar-refractivity contribution in [3.63, 3.8) is 0 Å². The van der Waals surface area contributed by atoms with Gasteiger partial charge in [0, 0.05) is 32.7 Å². The lowest BCUT2D eigenvalue weighted by molar-refractivity contribution is 0.0891. The lowest BCUT2D eigenvalue weighted by Gasteiger charge is -2.22. The molecule has 0 aromatic heterocycles. The van der Waals surface area contributed by atoms with Crippen LogP contribution in [-0.4, -0.2) is 33.4 Å². The predicted molar refractivity (Wildman–Crippen MR) is 80.0 cm³/mol. The zero-order valence-corrected chi connectivity index (χ0v) is 12.3. The zero-order valence-electron chi connectivity index (χ0n) is 12.3.